The van der Waals surface area contributed by atoms with Crippen molar-refractivity contribution in [1.29, 1.82) is 0 Å². The molecule has 3 aliphatic carbocycles. The van der Waals surface area contributed by atoms with E-state index in [9.17, 15) is 0 Å². The molecule has 236 valence electrons. The van der Waals surface area contributed by atoms with E-state index in [4.69, 9.17) is 9.97 Å². The Morgan fingerprint density at radius 3 is 2.29 bits per heavy atom. The highest BCUT2D eigenvalue weighted by atomic mass is 15.0. The smallest absolute Gasteiger partial charge is 0.160 e. The van der Waals surface area contributed by atoms with Gasteiger partial charge in [0.1, 0.15) is 0 Å². The minimum Gasteiger partial charge on any atom is -0.309 e. The fraction of sp³-hybridized carbons (Fsp3) is 0.174. The fourth-order valence-corrected chi connectivity index (χ4v) is 9.13. The van der Waals surface area contributed by atoms with Crippen molar-refractivity contribution < 1.29 is 0 Å². The van der Waals surface area contributed by atoms with Gasteiger partial charge in [-0.1, -0.05) is 130 Å². The number of benzene rings is 5. The summed E-state index contributed by atoms with van der Waals surface area (Å²) in [5.41, 5.74) is 17.5. The van der Waals surface area contributed by atoms with Gasteiger partial charge < -0.3 is 4.57 Å². The molecule has 5 aromatic carbocycles. The average Bonchev–Trinajstić information content (AvgIpc) is 3.68. The van der Waals surface area contributed by atoms with Crippen molar-refractivity contribution in [2.75, 3.05) is 0 Å². The molecule has 2 aromatic heterocycles. The Kier molecular flexibility index (Phi) is 5.81. The topological polar surface area (TPSA) is 30.7 Å². The molecule has 0 bridgehead atoms. The Hall–Kier alpha value is -5.54. The Balaban J connectivity index is 1.24. The van der Waals surface area contributed by atoms with E-state index in [-0.39, 0.29) is 10.8 Å². The summed E-state index contributed by atoms with van der Waals surface area (Å²) in [5.74, 6) is 0.739. The maximum atomic E-state index is 5.24. The highest BCUT2D eigenvalue weighted by Gasteiger charge is 2.44. The van der Waals surface area contributed by atoms with Crippen molar-refractivity contribution in [2.24, 2.45) is 0 Å². The molecule has 0 amide bonds. The number of hydrogen-bond donors (Lipinski definition) is 0. The number of allylic oxidation sites excluding steroid dienone is 4. The minimum atomic E-state index is -0.0844. The number of fused-ring (bicyclic) bond motifs is 8. The Morgan fingerprint density at radius 2 is 1.41 bits per heavy atom. The van der Waals surface area contributed by atoms with Crippen LogP contribution in [0, 0.1) is 0 Å². The van der Waals surface area contributed by atoms with Crippen LogP contribution < -0.4 is 0 Å². The Morgan fingerprint density at radius 1 is 0.633 bits per heavy atom. The molecule has 0 N–H and O–H groups in total. The summed E-state index contributed by atoms with van der Waals surface area (Å²) in [5, 5.41) is 2.42. The van der Waals surface area contributed by atoms with Crippen LogP contribution in [0.2, 0.25) is 0 Å². The van der Waals surface area contributed by atoms with Crippen LogP contribution in [0.1, 0.15) is 62.9 Å². The van der Waals surface area contributed by atoms with Crippen molar-refractivity contribution >= 4 is 27.4 Å². The van der Waals surface area contributed by atoms with E-state index >= 15 is 0 Å². The number of hydrogen-bond acceptors (Lipinski definition) is 2. The molecule has 0 saturated carbocycles. The largest absolute Gasteiger partial charge is 0.309 e. The second-order valence-electron chi connectivity index (χ2n) is 14.9. The van der Waals surface area contributed by atoms with Gasteiger partial charge in [0.05, 0.1) is 22.4 Å². The lowest BCUT2D eigenvalue weighted by Crippen LogP contribution is -2.18. The molecule has 49 heavy (non-hydrogen) atoms. The molecular formula is C46H37N3. The summed E-state index contributed by atoms with van der Waals surface area (Å²) >= 11 is 0. The van der Waals surface area contributed by atoms with E-state index in [1.54, 1.807) is 5.57 Å². The average molecular weight is 632 g/mol. The monoisotopic (exact) mass is 631 g/mol. The third-order valence-electron chi connectivity index (χ3n) is 11.5. The summed E-state index contributed by atoms with van der Waals surface area (Å²) < 4.78 is 2.55. The van der Waals surface area contributed by atoms with Gasteiger partial charge >= 0.3 is 0 Å². The number of rotatable bonds is 3. The van der Waals surface area contributed by atoms with Gasteiger partial charge in [0.2, 0.25) is 0 Å². The number of nitrogens with zero attached hydrogens (tertiary/aromatic N) is 3. The van der Waals surface area contributed by atoms with Crippen LogP contribution in [0.15, 0.2) is 133 Å². The van der Waals surface area contributed by atoms with Crippen molar-refractivity contribution in [1.82, 2.24) is 14.5 Å². The molecule has 3 nitrogen and oxygen atoms in total. The summed E-state index contributed by atoms with van der Waals surface area (Å²) in [6.07, 6.45) is 6.94. The van der Waals surface area contributed by atoms with Gasteiger partial charge in [-0.3, -0.25) is 0 Å². The Labute approximate surface area is 287 Å². The van der Waals surface area contributed by atoms with Crippen molar-refractivity contribution in [3.63, 3.8) is 0 Å². The normalized spacial score (nSPS) is 16.6. The quantitative estimate of drug-likeness (QED) is 0.194. The minimum absolute atomic E-state index is 0.0650. The molecular weight excluding hydrogens is 595 g/mol. The van der Waals surface area contributed by atoms with Crippen molar-refractivity contribution in [3.05, 3.63) is 155 Å². The van der Waals surface area contributed by atoms with Gasteiger partial charge in [-0.05, 0) is 76.6 Å². The first kappa shape index (κ1) is 28.5. The highest BCUT2D eigenvalue weighted by Crippen LogP contribution is 2.57. The van der Waals surface area contributed by atoms with E-state index < -0.39 is 0 Å². The van der Waals surface area contributed by atoms with Crippen LogP contribution in [0.4, 0.5) is 0 Å². The second-order valence-corrected chi connectivity index (χ2v) is 14.9. The zero-order valence-electron chi connectivity index (χ0n) is 28.4. The SMILES string of the molecule is CC1(C)C2=C(C=CCC2)c2c1c1cc3c(cc1n2-c1cccc(-c2nc(-c4ccccc4)c4ccccc4n2)c1)C(C)(C)c1ccccc1-3. The first-order valence-corrected chi connectivity index (χ1v) is 17.5. The first-order chi connectivity index (χ1) is 23.8. The van der Waals surface area contributed by atoms with Crippen LogP contribution in [0.5, 0.6) is 0 Å². The molecule has 2 heterocycles. The summed E-state index contributed by atoms with van der Waals surface area (Å²) in [6, 6.07) is 41.7. The van der Waals surface area contributed by atoms with Gasteiger partial charge in [-0.15, -0.1) is 0 Å². The summed E-state index contributed by atoms with van der Waals surface area (Å²) in [4.78, 5) is 10.4. The van der Waals surface area contributed by atoms with E-state index in [1.165, 1.54) is 50.0 Å². The lowest BCUT2D eigenvalue weighted by Gasteiger charge is -2.26. The molecule has 0 atom stereocenters. The van der Waals surface area contributed by atoms with E-state index in [0.29, 0.717) is 0 Å². The van der Waals surface area contributed by atoms with E-state index in [0.717, 1.165) is 52.1 Å². The highest BCUT2D eigenvalue weighted by molar-refractivity contribution is 6.03. The molecule has 0 unspecified atom stereocenters. The van der Waals surface area contributed by atoms with Crippen LogP contribution in [0.3, 0.4) is 0 Å². The molecule has 0 spiro atoms. The number of para-hydroxylation sites is 1. The van der Waals surface area contributed by atoms with Crippen molar-refractivity contribution in [3.8, 4) is 39.5 Å². The van der Waals surface area contributed by atoms with E-state index in [2.05, 4.69) is 160 Å². The van der Waals surface area contributed by atoms with Gasteiger partial charge in [0, 0.05) is 38.4 Å². The molecule has 0 radical (unpaired) electrons. The van der Waals surface area contributed by atoms with Gasteiger partial charge in [-0.25, -0.2) is 9.97 Å². The zero-order chi connectivity index (χ0) is 33.1. The van der Waals surface area contributed by atoms with E-state index in [1.807, 2.05) is 0 Å². The fourth-order valence-electron chi connectivity index (χ4n) is 9.13. The predicted octanol–water partition coefficient (Wildman–Crippen LogP) is 11.6. The molecule has 0 aliphatic heterocycles. The lowest BCUT2D eigenvalue weighted by molar-refractivity contribution is 0.612. The van der Waals surface area contributed by atoms with Crippen LogP contribution in [0.25, 0.3) is 66.8 Å². The maximum Gasteiger partial charge on any atom is 0.160 e. The zero-order valence-corrected chi connectivity index (χ0v) is 28.4. The van der Waals surface area contributed by atoms with Crippen LogP contribution in [-0.2, 0) is 10.8 Å². The van der Waals surface area contributed by atoms with Gasteiger partial charge in [0.25, 0.3) is 0 Å². The first-order valence-electron chi connectivity index (χ1n) is 17.5. The third kappa shape index (κ3) is 3.90. The molecule has 0 fully saturated rings. The second kappa shape index (κ2) is 9.99. The van der Waals surface area contributed by atoms with Crippen LogP contribution in [-0.4, -0.2) is 14.5 Å². The van der Waals surface area contributed by atoms with Crippen LogP contribution >= 0.6 is 0 Å². The lowest BCUT2D eigenvalue weighted by atomic mass is 9.77. The Bertz CT molecular complexity index is 2590. The summed E-state index contributed by atoms with van der Waals surface area (Å²) in [6.45, 7) is 9.63. The van der Waals surface area contributed by atoms with Gasteiger partial charge in [0.15, 0.2) is 5.82 Å². The maximum absolute atomic E-state index is 5.24. The van der Waals surface area contributed by atoms with Crippen molar-refractivity contribution in [2.45, 2.75) is 51.4 Å². The third-order valence-corrected chi connectivity index (χ3v) is 11.5. The standard InChI is InChI=1S/C46H37N3/c1-45(2)36-22-11-8-19-31(36)34-26-35-40(27-38(34)45)49(43-32-20-9-12-23-37(32)46(3,4)41(35)43)30-18-14-17-29(25-30)44-47-39-24-13-10-21-33(39)42(48-44)28-15-6-5-7-16-28/h5-11,13-22,24-27H,12,23H2,1-4H3. The molecule has 7 aromatic rings. The van der Waals surface area contributed by atoms with Gasteiger partial charge in [-0.2, -0.15) is 0 Å². The number of aromatic nitrogens is 3. The molecule has 3 heteroatoms. The molecule has 0 saturated heterocycles. The summed E-state index contributed by atoms with van der Waals surface area (Å²) in [7, 11) is 0. The predicted molar refractivity (Wildman–Crippen MR) is 203 cm³/mol. The molecule has 3 aliphatic rings. The molecule has 10 rings (SSSR count).